The Balaban J connectivity index is 2.35. The molecule has 0 heterocycles. The molecule has 2 rings (SSSR count). The van der Waals surface area contributed by atoms with Gasteiger partial charge in [0.05, 0.1) is 0 Å². The Morgan fingerprint density at radius 3 is 2.60 bits per heavy atom. The number of nitrogen functional groups attached to an aromatic ring is 1. The summed E-state index contributed by atoms with van der Waals surface area (Å²) in [5, 5.41) is 2.45. The van der Waals surface area contributed by atoms with Gasteiger partial charge in [-0.15, -0.1) is 0 Å². The van der Waals surface area contributed by atoms with E-state index in [-0.39, 0.29) is 21.8 Å². The zero-order valence-electron chi connectivity index (χ0n) is 10.5. The van der Waals surface area contributed by atoms with Crippen molar-refractivity contribution in [2.45, 2.75) is 6.92 Å². The van der Waals surface area contributed by atoms with E-state index in [1.54, 1.807) is 0 Å². The van der Waals surface area contributed by atoms with Gasteiger partial charge >= 0.3 is 0 Å². The van der Waals surface area contributed by atoms with E-state index in [0.717, 1.165) is 6.07 Å². The predicted molar refractivity (Wildman–Crippen MR) is 74.9 cm³/mol. The zero-order chi connectivity index (χ0) is 14.9. The maximum atomic E-state index is 13.8. The first-order valence-electron chi connectivity index (χ1n) is 5.70. The Bertz CT molecular complexity index is 669. The normalized spacial score (nSPS) is 10.4. The lowest BCUT2D eigenvalue weighted by molar-refractivity contribution is 0.102. The van der Waals surface area contributed by atoms with Crippen LogP contribution in [-0.2, 0) is 0 Å². The third kappa shape index (κ3) is 2.88. The lowest BCUT2D eigenvalue weighted by Crippen LogP contribution is -2.15. The smallest absolute Gasteiger partial charge is 0.255 e. The van der Waals surface area contributed by atoms with Gasteiger partial charge in [0.1, 0.15) is 11.5 Å². The third-order valence-electron chi connectivity index (χ3n) is 2.71. The number of amides is 1. The second-order valence-electron chi connectivity index (χ2n) is 4.28. The molecule has 20 heavy (non-hydrogen) atoms. The van der Waals surface area contributed by atoms with Gasteiger partial charge in [-0.25, -0.2) is 8.78 Å². The molecule has 6 heteroatoms. The summed E-state index contributed by atoms with van der Waals surface area (Å²) in [6.07, 6.45) is 0. The van der Waals surface area contributed by atoms with Crippen molar-refractivity contribution in [1.82, 2.24) is 0 Å². The van der Waals surface area contributed by atoms with Crippen molar-refractivity contribution >= 4 is 28.9 Å². The molecule has 0 aliphatic heterocycles. The molecule has 104 valence electrons. The van der Waals surface area contributed by atoms with E-state index in [9.17, 15) is 13.6 Å². The number of aryl methyl sites for hydroxylation is 1. The van der Waals surface area contributed by atoms with E-state index in [1.165, 1.54) is 31.2 Å². The van der Waals surface area contributed by atoms with Crippen LogP contribution in [0.1, 0.15) is 15.9 Å². The molecule has 3 N–H and O–H groups in total. The van der Waals surface area contributed by atoms with Crippen molar-refractivity contribution in [2.24, 2.45) is 0 Å². The van der Waals surface area contributed by atoms with Crippen molar-refractivity contribution in [2.75, 3.05) is 11.1 Å². The highest BCUT2D eigenvalue weighted by atomic mass is 35.5. The van der Waals surface area contributed by atoms with Gasteiger partial charge in [0.15, 0.2) is 5.82 Å². The molecule has 0 radical (unpaired) electrons. The van der Waals surface area contributed by atoms with E-state index in [4.69, 9.17) is 17.3 Å². The number of carbonyl (C=O) groups is 1. The highest BCUT2D eigenvalue weighted by molar-refractivity contribution is 6.31. The minimum absolute atomic E-state index is 0.121. The number of nitrogens with one attached hydrogen (secondary N) is 1. The minimum atomic E-state index is -0.851. The monoisotopic (exact) mass is 296 g/mol. The van der Waals surface area contributed by atoms with Crippen LogP contribution in [0.4, 0.5) is 20.2 Å². The van der Waals surface area contributed by atoms with Crippen molar-refractivity contribution in [3.8, 4) is 0 Å². The van der Waals surface area contributed by atoms with Gasteiger partial charge in [0.2, 0.25) is 0 Å². The molecule has 3 nitrogen and oxygen atoms in total. The van der Waals surface area contributed by atoms with Gasteiger partial charge in [-0.05, 0) is 36.8 Å². The van der Waals surface area contributed by atoms with Gasteiger partial charge in [-0.2, -0.15) is 0 Å². The molecule has 0 aromatic heterocycles. The summed E-state index contributed by atoms with van der Waals surface area (Å²) in [5.41, 5.74) is 5.70. The van der Waals surface area contributed by atoms with Crippen molar-refractivity contribution < 1.29 is 13.6 Å². The maximum absolute atomic E-state index is 13.8. The van der Waals surface area contributed by atoms with Gasteiger partial charge in [-0.3, -0.25) is 4.79 Å². The van der Waals surface area contributed by atoms with E-state index in [2.05, 4.69) is 5.32 Å². The number of benzene rings is 2. The fraction of sp³-hybridized carbons (Fsp3) is 0.0714. The summed E-state index contributed by atoms with van der Waals surface area (Å²) < 4.78 is 27.4. The third-order valence-corrected chi connectivity index (χ3v) is 2.92. The minimum Gasteiger partial charge on any atom is -0.399 e. The SMILES string of the molecule is Cc1ccc(F)c(NC(=O)c2cc(N)cc(Cl)c2)c1F. The summed E-state index contributed by atoms with van der Waals surface area (Å²) in [6, 6.07) is 6.57. The number of carbonyl (C=O) groups excluding carboxylic acids is 1. The standard InChI is InChI=1S/C14H11ClF2N2O/c1-7-2-3-11(16)13(12(7)17)19-14(20)8-4-9(15)6-10(18)5-8/h2-6H,18H2,1H3,(H,19,20). The first-order valence-corrected chi connectivity index (χ1v) is 6.08. The number of anilines is 2. The molecule has 0 atom stereocenters. The molecule has 2 aromatic carbocycles. The highest BCUT2D eigenvalue weighted by Crippen LogP contribution is 2.23. The zero-order valence-corrected chi connectivity index (χ0v) is 11.3. The molecular weight excluding hydrogens is 286 g/mol. The molecule has 0 spiro atoms. The lowest BCUT2D eigenvalue weighted by atomic mass is 10.1. The average Bonchev–Trinajstić information content (AvgIpc) is 2.38. The number of nitrogens with two attached hydrogens (primary N) is 1. The highest BCUT2D eigenvalue weighted by Gasteiger charge is 2.16. The Labute approximate surface area is 119 Å². The lowest BCUT2D eigenvalue weighted by Gasteiger charge is -2.10. The van der Waals surface area contributed by atoms with Crippen LogP contribution < -0.4 is 11.1 Å². The van der Waals surface area contributed by atoms with Gasteiger partial charge in [0.25, 0.3) is 5.91 Å². The quantitative estimate of drug-likeness (QED) is 0.829. The summed E-state index contributed by atoms with van der Waals surface area (Å²) in [5.74, 6) is -2.35. The summed E-state index contributed by atoms with van der Waals surface area (Å²) >= 11 is 5.78. The molecule has 0 saturated heterocycles. The van der Waals surface area contributed by atoms with Crippen molar-refractivity contribution in [3.63, 3.8) is 0 Å². The van der Waals surface area contributed by atoms with Crippen LogP contribution in [0.3, 0.4) is 0 Å². The number of hydrogen-bond donors (Lipinski definition) is 2. The van der Waals surface area contributed by atoms with Crippen LogP contribution in [0, 0.1) is 18.6 Å². The van der Waals surface area contributed by atoms with E-state index in [1.807, 2.05) is 0 Å². The Morgan fingerprint density at radius 1 is 1.25 bits per heavy atom. The second-order valence-corrected chi connectivity index (χ2v) is 4.72. The van der Waals surface area contributed by atoms with Crippen molar-refractivity contribution in [3.05, 3.63) is 58.1 Å². The van der Waals surface area contributed by atoms with Crippen LogP contribution >= 0.6 is 11.6 Å². The van der Waals surface area contributed by atoms with Gasteiger partial charge in [-0.1, -0.05) is 17.7 Å². The fourth-order valence-corrected chi connectivity index (χ4v) is 1.94. The average molecular weight is 297 g/mol. The number of hydrogen-bond acceptors (Lipinski definition) is 2. The van der Waals surface area contributed by atoms with E-state index < -0.39 is 23.2 Å². The van der Waals surface area contributed by atoms with Gasteiger partial charge in [0, 0.05) is 16.3 Å². The Morgan fingerprint density at radius 2 is 1.95 bits per heavy atom. The van der Waals surface area contributed by atoms with Crippen LogP contribution in [0.5, 0.6) is 0 Å². The van der Waals surface area contributed by atoms with Crippen LogP contribution in [0.25, 0.3) is 0 Å². The summed E-state index contributed by atoms with van der Waals surface area (Å²) in [7, 11) is 0. The van der Waals surface area contributed by atoms with Crippen LogP contribution in [-0.4, -0.2) is 5.91 Å². The Hall–Kier alpha value is -2.14. The van der Waals surface area contributed by atoms with Gasteiger partial charge < -0.3 is 11.1 Å². The maximum Gasteiger partial charge on any atom is 0.255 e. The largest absolute Gasteiger partial charge is 0.399 e. The molecule has 2 aromatic rings. The summed E-state index contributed by atoms with van der Waals surface area (Å²) in [4.78, 5) is 12.0. The molecule has 0 unspecified atom stereocenters. The fourth-order valence-electron chi connectivity index (χ4n) is 1.70. The molecule has 0 bridgehead atoms. The second kappa shape index (κ2) is 5.46. The first-order chi connectivity index (χ1) is 9.38. The first kappa shape index (κ1) is 14.3. The van der Waals surface area contributed by atoms with Crippen LogP contribution in [0.2, 0.25) is 5.02 Å². The van der Waals surface area contributed by atoms with E-state index in [0.29, 0.717) is 0 Å². The number of rotatable bonds is 2. The predicted octanol–water partition coefficient (Wildman–Crippen LogP) is 3.76. The van der Waals surface area contributed by atoms with E-state index >= 15 is 0 Å². The topological polar surface area (TPSA) is 55.1 Å². The van der Waals surface area contributed by atoms with Crippen molar-refractivity contribution in [1.29, 1.82) is 0 Å². The molecule has 1 amide bonds. The molecule has 0 aliphatic rings. The summed E-state index contributed by atoms with van der Waals surface area (Å²) in [6.45, 7) is 1.47. The molecule has 0 aliphatic carbocycles. The van der Waals surface area contributed by atoms with Crippen LogP contribution in [0.15, 0.2) is 30.3 Å². The molecular formula is C14H11ClF2N2O. The molecule has 0 fully saturated rings. The molecule has 0 saturated carbocycles. The number of halogens is 3. The Kier molecular flexibility index (Phi) is 3.90.